The van der Waals surface area contributed by atoms with Gasteiger partial charge in [-0.3, -0.25) is 0 Å². The van der Waals surface area contributed by atoms with Crippen LogP contribution >= 0.6 is 0 Å². The van der Waals surface area contributed by atoms with Crippen LogP contribution in [-0.2, 0) is 9.47 Å². The predicted octanol–water partition coefficient (Wildman–Crippen LogP) is 5.26. The first-order chi connectivity index (χ1) is 10.3. The van der Waals surface area contributed by atoms with Gasteiger partial charge in [-0.2, -0.15) is 0 Å². The summed E-state index contributed by atoms with van der Waals surface area (Å²) < 4.78 is 12.2. The highest BCUT2D eigenvalue weighted by Gasteiger charge is 2.48. The van der Waals surface area contributed by atoms with Gasteiger partial charge in [-0.15, -0.1) is 0 Å². The Morgan fingerprint density at radius 3 is 1.38 bits per heavy atom. The number of hydrogen-bond acceptors (Lipinski definition) is 2. The Hall–Kier alpha value is 0.137. The lowest BCUT2D eigenvalue weighted by Gasteiger charge is -2.47. The summed E-state index contributed by atoms with van der Waals surface area (Å²) in [5, 5.41) is 0. The average Bonchev–Trinajstić information content (AvgIpc) is 2.57. The molecule has 21 heavy (non-hydrogen) atoms. The van der Waals surface area contributed by atoms with Crippen LogP contribution in [0.25, 0.3) is 0 Å². The standard InChI is InChI=1S/C18H36O2Si/c1-3-19-15-21(16-20-4-2,17-11-7-5-8-12-17)18-13-9-6-10-14-18/h17-18H,3-16H2,1-2H3. The van der Waals surface area contributed by atoms with Crippen LogP contribution in [-0.4, -0.2) is 33.7 Å². The van der Waals surface area contributed by atoms with Gasteiger partial charge >= 0.3 is 0 Å². The third kappa shape index (κ3) is 4.55. The van der Waals surface area contributed by atoms with E-state index in [1.807, 2.05) is 0 Å². The van der Waals surface area contributed by atoms with Crippen LogP contribution in [0.15, 0.2) is 0 Å². The molecule has 0 aliphatic heterocycles. The zero-order valence-electron chi connectivity index (χ0n) is 14.4. The monoisotopic (exact) mass is 312 g/mol. The number of ether oxygens (including phenoxy) is 2. The average molecular weight is 313 g/mol. The van der Waals surface area contributed by atoms with E-state index in [1.165, 1.54) is 64.2 Å². The van der Waals surface area contributed by atoms with Crippen LogP contribution in [0.2, 0.25) is 11.1 Å². The molecule has 2 fully saturated rings. The third-order valence-corrected chi connectivity index (χ3v) is 11.9. The summed E-state index contributed by atoms with van der Waals surface area (Å²) in [7, 11) is -1.48. The molecule has 0 atom stereocenters. The maximum Gasteiger partial charge on any atom is 0.119 e. The minimum absolute atomic E-state index is 0.875. The van der Waals surface area contributed by atoms with Gasteiger partial charge in [0.25, 0.3) is 0 Å². The van der Waals surface area contributed by atoms with Gasteiger partial charge in [0.15, 0.2) is 0 Å². The first kappa shape index (κ1) is 17.5. The van der Waals surface area contributed by atoms with Gasteiger partial charge in [-0.05, 0) is 24.9 Å². The van der Waals surface area contributed by atoms with Crippen LogP contribution in [0.5, 0.6) is 0 Å². The largest absolute Gasteiger partial charge is 0.385 e. The van der Waals surface area contributed by atoms with E-state index in [2.05, 4.69) is 13.8 Å². The quantitative estimate of drug-likeness (QED) is 0.569. The fraction of sp³-hybridized carbons (Fsp3) is 1.00. The van der Waals surface area contributed by atoms with E-state index in [4.69, 9.17) is 9.47 Å². The summed E-state index contributed by atoms with van der Waals surface area (Å²) >= 11 is 0. The zero-order valence-corrected chi connectivity index (χ0v) is 15.4. The fourth-order valence-electron chi connectivity index (χ4n) is 4.79. The molecular weight excluding hydrogens is 276 g/mol. The van der Waals surface area contributed by atoms with Crippen molar-refractivity contribution in [1.82, 2.24) is 0 Å². The van der Waals surface area contributed by atoms with Crippen LogP contribution in [0.4, 0.5) is 0 Å². The van der Waals surface area contributed by atoms with E-state index < -0.39 is 8.07 Å². The summed E-state index contributed by atoms with van der Waals surface area (Å²) in [6.45, 7) is 6.06. The van der Waals surface area contributed by atoms with Gasteiger partial charge in [0.2, 0.25) is 0 Å². The van der Waals surface area contributed by atoms with Crippen LogP contribution in [0.3, 0.4) is 0 Å². The summed E-state index contributed by atoms with van der Waals surface area (Å²) in [6.07, 6.45) is 16.7. The van der Waals surface area contributed by atoms with Crippen LogP contribution in [0, 0.1) is 0 Å². The molecule has 0 aromatic rings. The Bertz CT molecular complexity index is 242. The molecule has 3 heteroatoms. The Kier molecular flexibility index (Phi) is 7.76. The summed E-state index contributed by atoms with van der Waals surface area (Å²) in [5.74, 6) is 0. The molecule has 0 unspecified atom stereocenters. The van der Waals surface area contributed by atoms with Gasteiger partial charge in [-0.1, -0.05) is 64.2 Å². The lowest BCUT2D eigenvalue weighted by Crippen LogP contribution is -2.55. The highest BCUT2D eigenvalue weighted by atomic mass is 28.3. The lowest BCUT2D eigenvalue weighted by molar-refractivity contribution is 0.153. The third-order valence-electron chi connectivity index (χ3n) is 5.99. The Balaban J connectivity index is 2.16. The van der Waals surface area contributed by atoms with Gasteiger partial charge < -0.3 is 9.47 Å². The molecule has 0 N–H and O–H groups in total. The Morgan fingerprint density at radius 1 is 0.667 bits per heavy atom. The molecule has 0 heterocycles. The molecule has 0 spiro atoms. The maximum absolute atomic E-state index is 6.08. The molecule has 2 aliphatic carbocycles. The van der Waals surface area contributed by atoms with Crippen molar-refractivity contribution in [2.24, 2.45) is 0 Å². The van der Waals surface area contributed by atoms with Gasteiger partial charge in [0.05, 0.1) is 0 Å². The van der Waals surface area contributed by atoms with Crippen molar-refractivity contribution in [2.75, 3.05) is 25.7 Å². The normalized spacial score (nSPS) is 22.6. The van der Waals surface area contributed by atoms with E-state index in [-0.39, 0.29) is 0 Å². The van der Waals surface area contributed by atoms with Crippen molar-refractivity contribution in [1.29, 1.82) is 0 Å². The molecule has 0 radical (unpaired) electrons. The molecule has 0 amide bonds. The fourth-order valence-corrected chi connectivity index (χ4v) is 10.8. The first-order valence-corrected chi connectivity index (χ1v) is 12.1. The lowest BCUT2D eigenvalue weighted by atomic mass is 9.99. The maximum atomic E-state index is 6.08. The minimum Gasteiger partial charge on any atom is -0.385 e. The van der Waals surface area contributed by atoms with Crippen LogP contribution in [0.1, 0.15) is 78.1 Å². The molecule has 124 valence electrons. The van der Waals surface area contributed by atoms with Crippen LogP contribution < -0.4 is 0 Å². The molecule has 2 aliphatic rings. The molecule has 0 aromatic carbocycles. The second-order valence-electron chi connectivity index (χ2n) is 7.18. The first-order valence-electron chi connectivity index (χ1n) is 9.49. The van der Waals surface area contributed by atoms with E-state index >= 15 is 0 Å². The highest BCUT2D eigenvalue weighted by molar-refractivity contribution is 6.82. The van der Waals surface area contributed by atoms with Crippen molar-refractivity contribution < 1.29 is 9.47 Å². The topological polar surface area (TPSA) is 18.5 Å². The van der Waals surface area contributed by atoms with Gasteiger partial charge in [-0.25, -0.2) is 0 Å². The Morgan fingerprint density at radius 2 is 1.05 bits per heavy atom. The highest BCUT2D eigenvalue weighted by Crippen LogP contribution is 2.48. The van der Waals surface area contributed by atoms with E-state index in [1.54, 1.807) is 0 Å². The van der Waals surface area contributed by atoms with Gasteiger partial charge in [0.1, 0.15) is 8.07 Å². The second kappa shape index (κ2) is 9.31. The summed E-state index contributed by atoms with van der Waals surface area (Å²) in [5.41, 5.74) is 1.93. The molecule has 2 rings (SSSR count). The summed E-state index contributed by atoms with van der Waals surface area (Å²) in [6, 6.07) is 0. The summed E-state index contributed by atoms with van der Waals surface area (Å²) in [4.78, 5) is 0. The smallest absolute Gasteiger partial charge is 0.119 e. The molecule has 0 aromatic heterocycles. The zero-order chi connectivity index (χ0) is 15.0. The van der Waals surface area contributed by atoms with E-state index in [9.17, 15) is 0 Å². The SMILES string of the molecule is CCOC[Si](COCC)(C1CCCCC1)C1CCCCC1. The predicted molar refractivity (Wildman–Crippen MR) is 92.4 cm³/mol. The molecule has 0 saturated heterocycles. The number of rotatable bonds is 8. The van der Waals surface area contributed by atoms with E-state index in [0.717, 1.165) is 36.8 Å². The Labute approximate surface area is 133 Å². The molecule has 2 saturated carbocycles. The van der Waals surface area contributed by atoms with Crippen molar-refractivity contribution in [3.05, 3.63) is 0 Å². The van der Waals surface area contributed by atoms with Gasteiger partial charge in [0, 0.05) is 25.7 Å². The van der Waals surface area contributed by atoms with Crippen molar-refractivity contribution >= 4 is 8.07 Å². The van der Waals surface area contributed by atoms with E-state index in [0.29, 0.717) is 0 Å². The minimum atomic E-state index is -1.48. The molecular formula is C18H36O2Si. The molecule has 2 nitrogen and oxygen atoms in total. The number of hydrogen-bond donors (Lipinski definition) is 0. The molecule has 0 bridgehead atoms. The second-order valence-corrected chi connectivity index (χ2v) is 11.9. The van der Waals surface area contributed by atoms with Crippen molar-refractivity contribution in [3.63, 3.8) is 0 Å². The van der Waals surface area contributed by atoms with Crippen molar-refractivity contribution in [2.45, 2.75) is 89.1 Å². The van der Waals surface area contributed by atoms with Crippen molar-refractivity contribution in [3.8, 4) is 0 Å².